The molecule has 14 heavy (non-hydrogen) atoms. The third-order valence-corrected chi connectivity index (χ3v) is 2.49. The van der Waals surface area contributed by atoms with E-state index in [1.807, 2.05) is 0 Å². The van der Waals surface area contributed by atoms with E-state index in [0.717, 1.165) is 6.08 Å². The standard InChI is InChI=1S/C9H5Cl3O2/c10-6-4-8(12)7(11)3-5(6)1-2-9(13)14/h1-4H,(H,13,14). The smallest absolute Gasteiger partial charge is 0.328 e. The Bertz CT molecular complexity index is 399. The van der Waals surface area contributed by atoms with Crippen molar-refractivity contribution < 1.29 is 9.90 Å². The van der Waals surface area contributed by atoms with Crippen molar-refractivity contribution in [3.05, 3.63) is 38.8 Å². The van der Waals surface area contributed by atoms with Crippen LogP contribution in [-0.4, -0.2) is 11.1 Å². The van der Waals surface area contributed by atoms with E-state index in [4.69, 9.17) is 39.9 Å². The summed E-state index contributed by atoms with van der Waals surface area (Å²) in [5.74, 6) is -1.05. The summed E-state index contributed by atoms with van der Waals surface area (Å²) in [5.41, 5.74) is 0.517. The number of rotatable bonds is 2. The highest BCUT2D eigenvalue weighted by molar-refractivity contribution is 6.43. The average molecular weight is 251 g/mol. The van der Waals surface area contributed by atoms with Crippen molar-refractivity contribution >= 4 is 46.8 Å². The first-order chi connectivity index (χ1) is 6.50. The molecule has 0 aliphatic carbocycles. The SMILES string of the molecule is O=C(O)C=Cc1cc(Cl)c(Cl)cc1Cl. The van der Waals surface area contributed by atoms with Gasteiger partial charge in [0.05, 0.1) is 10.0 Å². The maximum Gasteiger partial charge on any atom is 0.328 e. The summed E-state index contributed by atoms with van der Waals surface area (Å²) in [7, 11) is 0. The summed E-state index contributed by atoms with van der Waals surface area (Å²) in [4.78, 5) is 10.2. The van der Waals surface area contributed by atoms with Crippen LogP contribution < -0.4 is 0 Å². The fourth-order valence-electron chi connectivity index (χ4n) is 0.827. The zero-order valence-corrected chi connectivity index (χ0v) is 9.07. The molecule has 1 aromatic carbocycles. The lowest BCUT2D eigenvalue weighted by Gasteiger charge is -2.00. The molecular formula is C9H5Cl3O2. The van der Waals surface area contributed by atoms with Gasteiger partial charge in [0.25, 0.3) is 0 Å². The lowest BCUT2D eigenvalue weighted by molar-refractivity contribution is -0.131. The molecule has 1 aromatic rings. The molecule has 0 aliphatic heterocycles. The Morgan fingerprint density at radius 1 is 1.14 bits per heavy atom. The van der Waals surface area contributed by atoms with Crippen LogP contribution in [0.25, 0.3) is 6.08 Å². The zero-order chi connectivity index (χ0) is 10.7. The van der Waals surface area contributed by atoms with Crippen molar-refractivity contribution in [2.45, 2.75) is 0 Å². The maximum atomic E-state index is 10.2. The molecule has 74 valence electrons. The van der Waals surface area contributed by atoms with Crippen molar-refractivity contribution in [2.75, 3.05) is 0 Å². The van der Waals surface area contributed by atoms with Crippen LogP contribution in [0.3, 0.4) is 0 Å². The molecule has 0 heterocycles. The van der Waals surface area contributed by atoms with Crippen molar-refractivity contribution in [3.63, 3.8) is 0 Å². The molecule has 0 saturated heterocycles. The van der Waals surface area contributed by atoms with E-state index in [1.165, 1.54) is 18.2 Å². The van der Waals surface area contributed by atoms with E-state index < -0.39 is 5.97 Å². The molecule has 0 saturated carbocycles. The van der Waals surface area contributed by atoms with Gasteiger partial charge in [-0.15, -0.1) is 0 Å². The first kappa shape index (κ1) is 11.4. The fraction of sp³-hybridized carbons (Fsp3) is 0. The number of hydrogen-bond acceptors (Lipinski definition) is 1. The Balaban J connectivity index is 3.10. The van der Waals surface area contributed by atoms with Crippen LogP contribution >= 0.6 is 34.8 Å². The highest BCUT2D eigenvalue weighted by Gasteiger charge is 2.03. The lowest BCUT2D eigenvalue weighted by atomic mass is 10.2. The van der Waals surface area contributed by atoms with Crippen molar-refractivity contribution in [1.82, 2.24) is 0 Å². The van der Waals surface area contributed by atoms with E-state index in [-0.39, 0.29) is 0 Å². The molecule has 0 atom stereocenters. The normalized spacial score (nSPS) is 10.8. The largest absolute Gasteiger partial charge is 0.478 e. The minimum Gasteiger partial charge on any atom is -0.478 e. The maximum absolute atomic E-state index is 10.2. The van der Waals surface area contributed by atoms with Crippen LogP contribution in [0.5, 0.6) is 0 Å². The third-order valence-electron chi connectivity index (χ3n) is 1.45. The highest BCUT2D eigenvalue weighted by Crippen LogP contribution is 2.29. The fourth-order valence-corrected chi connectivity index (χ4v) is 1.45. The Kier molecular flexibility index (Phi) is 3.81. The molecule has 0 fully saturated rings. The van der Waals surface area contributed by atoms with E-state index >= 15 is 0 Å². The van der Waals surface area contributed by atoms with Gasteiger partial charge >= 0.3 is 5.97 Å². The van der Waals surface area contributed by atoms with Crippen LogP contribution in [0.4, 0.5) is 0 Å². The molecule has 1 rings (SSSR count). The second kappa shape index (κ2) is 4.69. The molecule has 0 bridgehead atoms. The summed E-state index contributed by atoms with van der Waals surface area (Å²) < 4.78 is 0. The summed E-state index contributed by atoms with van der Waals surface area (Å²) in [6.07, 6.45) is 2.33. The second-order valence-corrected chi connectivity index (χ2v) is 3.68. The number of aliphatic carboxylic acids is 1. The van der Waals surface area contributed by atoms with Gasteiger partial charge in [-0.3, -0.25) is 0 Å². The molecule has 0 radical (unpaired) electrons. The van der Waals surface area contributed by atoms with Gasteiger partial charge in [-0.1, -0.05) is 34.8 Å². The molecule has 0 unspecified atom stereocenters. The molecule has 0 spiro atoms. The topological polar surface area (TPSA) is 37.3 Å². The molecular weight excluding hydrogens is 246 g/mol. The minimum atomic E-state index is -1.05. The third kappa shape index (κ3) is 2.91. The number of carboxylic acids is 1. The number of carbonyl (C=O) groups is 1. The quantitative estimate of drug-likeness (QED) is 0.642. The number of benzene rings is 1. The van der Waals surface area contributed by atoms with Gasteiger partial charge in [0.15, 0.2) is 0 Å². The van der Waals surface area contributed by atoms with Crippen LogP contribution in [0.15, 0.2) is 18.2 Å². The Labute approximate surface area is 95.7 Å². The Morgan fingerprint density at radius 2 is 1.71 bits per heavy atom. The molecule has 5 heteroatoms. The first-order valence-electron chi connectivity index (χ1n) is 3.56. The number of halogens is 3. The molecule has 2 nitrogen and oxygen atoms in total. The predicted molar refractivity (Wildman–Crippen MR) is 58.1 cm³/mol. The Morgan fingerprint density at radius 3 is 2.29 bits per heavy atom. The van der Waals surface area contributed by atoms with Gasteiger partial charge in [-0.2, -0.15) is 0 Å². The molecule has 1 N–H and O–H groups in total. The first-order valence-corrected chi connectivity index (χ1v) is 4.69. The van der Waals surface area contributed by atoms with Gasteiger partial charge in [0.2, 0.25) is 0 Å². The summed E-state index contributed by atoms with van der Waals surface area (Å²) in [6, 6.07) is 2.97. The van der Waals surface area contributed by atoms with Crippen molar-refractivity contribution in [3.8, 4) is 0 Å². The summed E-state index contributed by atoms with van der Waals surface area (Å²) in [6.45, 7) is 0. The number of carboxylic acid groups (broad SMARTS) is 1. The van der Waals surface area contributed by atoms with Gasteiger partial charge < -0.3 is 5.11 Å². The van der Waals surface area contributed by atoms with Gasteiger partial charge in [0.1, 0.15) is 0 Å². The zero-order valence-electron chi connectivity index (χ0n) is 6.80. The number of hydrogen-bond donors (Lipinski definition) is 1. The highest BCUT2D eigenvalue weighted by atomic mass is 35.5. The lowest BCUT2D eigenvalue weighted by Crippen LogP contribution is -1.86. The predicted octanol–water partition coefficient (Wildman–Crippen LogP) is 3.74. The van der Waals surface area contributed by atoms with E-state index in [1.54, 1.807) is 0 Å². The van der Waals surface area contributed by atoms with E-state index in [9.17, 15) is 4.79 Å². The summed E-state index contributed by atoms with van der Waals surface area (Å²) >= 11 is 17.2. The van der Waals surface area contributed by atoms with Crippen molar-refractivity contribution in [1.29, 1.82) is 0 Å². The van der Waals surface area contributed by atoms with Crippen LogP contribution in [-0.2, 0) is 4.79 Å². The van der Waals surface area contributed by atoms with Crippen LogP contribution in [0.1, 0.15) is 5.56 Å². The van der Waals surface area contributed by atoms with Crippen molar-refractivity contribution in [2.24, 2.45) is 0 Å². The molecule has 0 aromatic heterocycles. The van der Waals surface area contributed by atoms with Gasteiger partial charge in [0, 0.05) is 11.1 Å². The molecule has 0 amide bonds. The monoisotopic (exact) mass is 250 g/mol. The van der Waals surface area contributed by atoms with Crippen LogP contribution in [0, 0.1) is 0 Å². The minimum absolute atomic E-state index is 0.334. The molecule has 0 aliphatic rings. The second-order valence-electron chi connectivity index (χ2n) is 2.46. The van der Waals surface area contributed by atoms with Gasteiger partial charge in [-0.25, -0.2) is 4.79 Å². The van der Waals surface area contributed by atoms with Crippen LogP contribution in [0.2, 0.25) is 15.1 Å². The van der Waals surface area contributed by atoms with E-state index in [2.05, 4.69) is 0 Å². The van der Waals surface area contributed by atoms with E-state index in [0.29, 0.717) is 20.6 Å². The average Bonchev–Trinajstić information content (AvgIpc) is 2.09. The van der Waals surface area contributed by atoms with Gasteiger partial charge in [-0.05, 0) is 23.8 Å². The summed E-state index contributed by atoms with van der Waals surface area (Å²) in [5, 5.41) is 9.43. The Hall–Kier alpha value is -0.700.